The van der Waals surface area contributed by atoms with Crippen LogP contribution in [-0.2, 0) is 0 Å². The van der Waals surface area contributed by atoms with Crippen molar-refractivity contribution in [3.8, 4) is 11.6 Å². The standard InChI is InChI=1S/C23H23FN4O2/c1-16-7-3-4-8-18(16)23(29)28-12-11-27(14-17(28)2)21-13-22(26-15-25-21)30-20-10-6-5-9-19(20)24/h3-10,13,15,17H,11-12,14H2,1-2H3. The number of carbonyl (C=O) groups is 1. The number of hydrogen-bond acceptors (Lipinski definition) is 5. The van der Waals surface area contributed by atoms with Crippen LogP contribution in [0.25, 0.3) is 0 Å². The second kappa shape index (κ2) is 8.49. The minimum atomic E-state index is -0.449. The van der Waals surface area contributed by atoms with Crippen LogP contribution in [0.4, 0.5) is 10.2 Å². The molecule has 1 aliphatic heterocycles. The molecule has 6 nitrogen and oxygen atoms in total. The van der Waals surface area contributed by atoms with E-state index in [1.54, 1.807) is 24.3 Å². The van der Waals surface area contributed by atoms with Crippen molar-refractivity contribution in [2.75, 3.05) is 24.5 Å². The van der Waals surface area contributed by atoms with Gasteiger partial charge in [0.15, 0.2) is 11.6 Å². The van der Waals surface area contributed by atoms with Gasteiger partial charge < -0.3 is 14.5 Å². The van der Waals surface area contributed by atoms with Gasteiger partial charge in [0.05, 0.1) is 0 Å². The summed E-state index contributed by atoms with van der Waals surface area (Å²) in [5.74, 6) is 0.674. The third-order valence-electron chi connectivity index (χ3n) is 5.27. The number of para-hydroxylation sites is 1. The van der Waals surface area contributed by atoms with Crippen LogP contribution in [0.5, 0.6) is 11.6 Å². The van der Waals surface area contributed by atoms with E-state index >= 15 is 0 Å². The summed E-state index contributed by atoms with van der Waals surface area (Å²) in [6.07, 6.45) is 1.40. The van der Waals surface area contributed by atoms with Crippen LogP contribution in [0.1, 0.15) is 22.8 Å². The lowest BCUT2D eigenvalue weighted by atomic mass is 10.1. The van der Waals surface area contributed by atoms with Crippen molar-refractivity contribution in [3.05, 3.63) is 77.9 Å². The zero-order chi connectivity index (χ0) is 21.1. The maximum absolute atomic E-state index is 13.9. The summed E-state index contributed by atoms with van der Waals surface area (Å²) in [5, 5.41) is 0. The maximum atomic E-state index is 13.9. The fraction of sp³-hybridized carbons (Fsp3) is 0.261. The molecule has 1 saturated heterocycles. The Labute approximate surface area is 174 Å². The van der Waals surface area contributed by atoms with Crippen molar-refractivity contribution in [1.29, 1.82) is 0 Å². The molecule has 1 unspecified atom stereocenters. The predicted octanol–water partition coefficient (Wildman–Crippen LogP) is 4.07. The number of benzene rings is 2. The zero-order valence-electron chi connectivity index (χ0n) is 17.0. The molecule has 1 aromatic heterocycles. The van der Waals surface area contributed by atoms with E-state index in [-0.39, 0.29) is 23.6 Å². The van der Waals surface area contributed by atoms with E-state index in [4.69, 9.17) is 4.74 Å². The molecule has 1 aliphatic rings. The number of rotatable bonds is 4. The Morgan fingerprint density at radius 1 is 1.10 bits per heavy atom. The summed E-state index contributed by atoms with van der Waals surface area (Å²) in [6, 6.07) is 15.5. The Bertz CT molecular complexity index is 1060. The summed E-state index contributed by atoms with van der Waals surface area (Å²) in [5.41, 5.74) is 1.71. The number of nitrogens with zero attached hydrogens (tertiary/aromatic N) is 4. The Morgan fingerprint density at radius 3 is 2.63 bits per heavy atom. The lowest BCUT2D eigenvalue weighted by Gasteiger charge is -2.40. The van der Waals surface area contributed by atoms with Gasteiger partial charge >= 0.3 is 0 Å². The monoisotopic (exact) mass is 406 g/mol. The number of carbonyl (C=O) groups excluding carboxylic acids is 1. The number of aromatic nitrogens is 2. The van der Waals surface area contributed by atoms with Crippen LogP contribution in [0.3, 0.4) is 0 Å². The highest BCUT2D eigenvalue weighted by Gasteiger charge is 2.29. The van der Waals surface area contributed by atoms with Crippen LogP contribution >= 0.6 is 0 Å². The van der Waals surface area contributed by atoms with E-state index in [2.05, 4.69) is 14.9 Å². The lowest BCUT2D eigenvalue weighted by molar-refractivity contribution is 0.0673. The quantitative estimate of drug-likeness (QED) is 0.654. The second-order valence-corrected chi connectivity index (χ2v) is 7.36. The number of amides is 1. The van der Waals surface area contributed by atoms with E-state index < -0.39 is 5.82 Å². The van der Waals surface area contributed by atoms with Crippen LogP contribution in [0.15, 0.2) is 60.9 Å². The molecule has 0 bridgehead atoms. The first kappa shape index (κ1) is 19.8. The minimum absolute atomic E-state index is 0.0109. The molecule has 0 N–H and O–H groups in total. The number of halogens is 1. The number of ether oxygens (including phenoxy) is 1. The van der Waals surface area contributed by atoms with E-state index in [1.165, 1.54) is 12.4 Å². The third-order valence-corrected chi connectivity index (χ3v) is 5.27. The lowest BCUT2D eigenvalue weighted by Crippen LogP contribution is -2.54. The van der Waals surface area contributed by atoms with Gasteiger partial charge in [-0.1, -0.05) is 30.3 Å². The zero-order valence-corrected chi connectivity index (χ0v) is 17.0. The van der Waals surface area contributed by atoms with E-state index in [0.29, 0.717) is 25.5 Å². The fourth-order valence-electron chi connectivity index (χ4n) is 3.63. The van der Waals surface area contributed by atoms with Gasteiger partial charge in [0, 0.05) is 37.3 Å². The van der Waals surface area contributed by atoms with Gasteiger partial charge in [-0.15, -0.1) is 0 Å². The highest BCUT2D eigenvalue weighted by atomic mass is 19.1. The molecule has 3 aromatic rings. The van der Waals surface area contributed by atoms with Gasteiger partial charge in [0.25, 0.3) is 5.91 Å². The summed E-state index contributed by atoms with van der Waals surface area (Å²) in [6.45, 7) is 5.83. The fourth-order valence-corrected chi connectivity index (χ4v) is 3.63. The Balaban J connectivity index is 1.46. The molecule has 0 radical (unpaired) electrons. The highest BCUT2D eigenvalue weighted by molar-refractivity contribution is 5.96. The molecule has 2 heterocycles. The topological polar surface area (TPSA) is 58.6 Å². The Morgan fingerprint density at radius 2 is 1.87 bits per heavy atom. The first-order valence-corrected chi connectivity index (χ1v) is 9.89. The molecular weight excluding hydrogens is 383 g/mol. The average molecular weight is 406 g/mol. The van der Waals surface area contributed by atoms with Crippen molar-refractivity contribution in [2.24, 2.45) is 0 Å². The molecule has 30 heavy (non-hydrogen) atoms. The maximum Gasteiger partial charge on any atom is 0.254 e. The second-order valence-electron chi connectivity index (χ2n) is 7.36. The normalized spacial score (nSPS) is 16.4. The number of hydrogen-bond donors (Lipinski definition) is 0. The predicted molar refractivity (Wildman–Crippen MR) is 112 cm³/mol. The molecule has 1 atom stereocenters. The van der Waals surface area contributed by atoms with Crippen molar-refractivity contribution < 1.29 is 13.9 Å². The molecule has 1 fully saturated rings. The molecule has 4 rings (SSSR count). The van der Waals surface area contributed by atoms with Crippen molar-refractivity contribution >= 4 is 11.7 Å². The molecule has 0 spiro atoms. The number of anilines is 1. The van der Waals surface area contributed by atoms with Gasteiger partial charge in [0.1, 0.15) is 12.1 Å². The first-order valence-electron chi connectivity index (χ1n) is 9.89. The third kappa shape index (κ3) is 4.10. The van der Waals surface area contributed by atoms with Gasteiger partial charge in [-0.25, -0.2) is 14.4 Å². The van der Waals surface area contributed by atoms with Crippen LogP contribution in [0.2, 0.25) is 0 Å². The number of aryl methyl sites for hydroxylation is 1. The summed E-state index contributed by atoms with van der Waals surface area (Å²) in [7, 11) is 0. The van der Waals surface area contributed by atoms with E-state index in [9.17, 15) is 9.18 Å². The molecule has 1 amide bonds. The van der Waals surface area contributed by atoms with Gasteiger partial charge in [-0.3, -0.25) is 4.79 Å². The van der Waals surface area contributed by atoms with Crippen LogP contribution < -0.4 is 9.64 Å². The summed E-state index contributed by atoms with van der Waals surface area (Å²) in [4.78, 5) is 25.4. The van der Waals surface area contributed by atoms with Gasteiger partial charge in [0.2, 0.25) is 5.88 Å². The van der Waals surface area contributed by atoms with E-state index in [0.717, 1.165) is 11.1 Å². The molecule has 0 saturated carbocycles. The molecule has 0 aliphatic carbocycles. The average Bonchev–Trinajstić information content (AvgIpc) is 2.75. The van der Waals surface area contributed by atoms with E-state index in [1.807, 2.05) is 43.0 Å². The van der Waals surface area contributed by atoms with Gasteiger partial charge in [-0.05, 0) is 37.6 Å². The molecule has 154 valence electrons. The van der Waals surface area contributed by atoms with Crippen molar-refractivity contribution in [3.63, 3.8) is 0 Å². The highest BCUT2D eigenvalue weighted by Crippen LogP contribution is 2.26. The largest absolute Gasteiger partial charge is 0.436 e. The first-order chi connectivity index (χ1) is 14.5. The molecule has 2 aromatic carbocycles. The minimum Gasteiger partial charge on any atom is -0.436 e. The molecule has 7 heteroatoms. The summed E-state index contributed by atoms with van der Waals surface area (Å²) < 4.78 is 19.4. The smallest absolute Gasteiger partial charge is 0.254 e. The van der Waals surface area contributed by atoms with Gasteiger partial charge in [-0.2, -0.15) is 0 Å². The van der Waals surface area contributed by atoms with Crippen molar-refractivity contribution in [2.45, 2.75) is 19.9 Å². The Hall–Kier alpha value is -3.48. The molecular formula is C23H23FN4O2. The Kier molecular flexibility index (Phi) is 5.61. The number of piperazine rings is 1. The van der Waals surface area contributed by atoms with Crippen LogP contribution in [0, 0.1) is 12.7 Å². The summed E-state index contributed by atoms with van der Waals surface area (Å²) >= 11 is 0. The van der Waals surface area contributed by atoms with Crippen molar-refractivity contribution in [1.82, 2.24) is 14.9 Å². The van der Waals surface area contributed by atoms with Crippen LogP contribution in [-0.4, -0.2) is 46.5 Å². The SMILES string of the molecule is Cc1ccccc1C(=O)N1CCN(c2cc(Oc3ccccc3F)ncn2)CC1C.